The summed E-state index contributed by atoms with van der Waals surface area (Å²) in [6, 6.07) is 33.9. The number of ether oxygens (including phenoxy) is 2. The molecule has 0 fully saturated rings. The number of rotatable bonds is 6. The van der Waals surface area contributed by atoms with Crippen LogP contribution in [0, 0.1) is 0 Å². The summed E-state index contributed by atoms with van der Waals surface area (Å²) in [5.41, 5.74) is 4.84. The molecule has 10 heteroatoms. The maximum atomic E-state index is 14.0. The molecule has 0 aliphatic carbocycles. The molecule has 0 bridgehead atoms. The van der Waals surface area contributed by atoms with Crippen LogP contribution in [0.25, 0.3) is 5.43 Å². The molecule has 0 radical (unpaired) electrons. The Labute approximate surface area is 259 Å². The minimum Gasteiger partial charge on any atom is -0.466 e. The molecule has 2 atom stereocenters. The fourth-order valence-corrected chi connectivity index (χ4v) is 6.23. The van der Waals surface area contributed by atoms with Gasteiger partial charge in [0, 0.05) is 26.8 Å². The van der Waals surface area contributed by atoms with Gasteiger partial charge in [-0.05, 0) is 47.5 Å². The lowest BCUT2D eigenvalue weighted by Crippen LogP contribution is -2.53. The highest BCUT2D eigenvalue weighted by Gasteiger charge is 2.70. The number of fused-ring (bicyclic) bond motifs is 1. The Balaban J connectivity index is 1.82. The molecule has 0 aromatic heterocycles. The van der Waals surface area contributed by atoms with Crippen molar-refractivity contribution in [3.8, 4) is 0 Å². The largest absolute Gasteiger partial charge is 0.466 e. The number of benzene rings is 4. The third kappa shape index (κ3) is 4.08. The van der Waals surface area contributed by atoms with E-state index in [-0.39, 0.29) is 11.3 Å². The van der Waals surface area contributed by atoms with E-state index in [0.29, 0.717) is 22.5 Å². The standard InChI is InChI=1S/C32H24Br2N4O4/c1-41-29(39)27-28(30(40)42-2)37(25-17-13-23(33)14-18-25)32(22-11-7-4-8-12-22)31(27,21-9-5-3-6-10-21)35-38(36-32)26-19-15-24(34)16-20-26/h3-20H,1-2H3/t31-,32+/m0/s1. The van der Waals surface area contributed by atoms with Crippen LogP contribution in [-0.4, -0.2) is 31.0 Å². The second kappa shape index (κ2) is 10.8. The van der Waals surface area contributed by atoms with Gasteiger partial charge in [-0.15, -0.1) is 4.81 Å². The first-order chi connectivity index (χ1) is 20.4. The van der Waals surface area contributed by atoms with Gasteiger partial charge in [-0.25, -0.2) is 9.59 Å². The molecule has 8 nitrogen and oxygen atoms in total. The van der Waals surface area contributed by atoms with E-state index in [2.05, 4.69) is 31.9 Å². The maximum Gasteiger partial charge on any atom is 0.355 e. The van der Waals surface area contributed by atoms with Crippen LogP contribution in [0.2, 0.25) is 0 Å². The van der Waals surface area contributed by atoms with Crippen LogP contribution in [-0.2, 0) is 30.3 Å². The lowest BCUT2D eigenvalue weighted by molar-refractivity contribution is -0.457. The number of azo groups is 1. The summed E-state index contributed by atoms with van der Waals surface area (Å²) in [4.78, 5) is 31.1. The minimum atomic E-state index is -1.58. The van der Waals surface area contributed by atoms with E-state index >= 15 is 0 Å². The number of carbonyl (C=O) groups excluding carboxylic acids is 2. The van der Waals surface area contributed by atoms with Gasteiger partial charge in [-0.1, -0.05) is 92.5 Å². The Morgan fingerprint density at radius 2 is 1.26 bits per heavy atom. The third-order valence-corrected chi connectivity index (χ3v) is 8.47. The fourth-order valence-electron chi connectivity index (χ4n) is 5.70. The highest BCUT2D eigenvalue weighted by atomic mass is 79.9. The molecule has 42 heavy (non-hydrogen) atoms. The fraction of sp³-hybridized carbons (Fsp3) is 0.125. The van der Waals surface area contributed by atoms with Crippen molar-refractivity contribution < 1.29 is 23.9 Å². The summed E-state index contributed by atoms with van der Waals surface area (Å²) in [6.45, 7) is 0. The number of hydrogen-bond acceptors (Lipinski definition) is 6. The molecule has 2 heterocycles. The van der Waals surface area contributed by atoms with Crippen LogP contribution in [0.3, 0.4) is 0 Å². The van der Waals surface area contributed by atoms with Crippen LogP contribution < -0.4 is 4.90 Å². The van der Waals surface area contributed by atoms with E-state index in [0.717, 1.165) is 8.95 Å². The Morgan fingerprint density at radius 3 is 1.81 bits per heavy atom. The van der Waals surface area contributed by atoms with Gasteiger partial charge in [0.1, 0.15) is 11.2 Å². The molecule has 6 rings (SSSR count). The van der Waals surface area contributed by atoms with Crippen molar-refractivity contribution in [2.75, 3.05) is 19.1 Å². The molecule has 0 N–H and O–H groups in total. The zero-order valence-corrected chi connectivity index (χ0v) is 25.7. The molecule has 0 unspecified atom stereocenters. The van der Waals surface area contributed by atoms with Crippen molar-refractivity contribution in [2.45, 2.75) is 11.2 Å². The number of nitrogens with zero attached hydrogens (tertiary/aromatic N) is 4. The Bertz CT molecular complexity index is 1730. The van der Waals surface area contributed by atoms with Crippen molar-refractivity contribution >= 4 is 55.2 Å². The molecule has 4 aromatic rings. The molecule has 4 aromatic carbocycles. The van der Waals surface area contributed by atoms with E-state index in [4.69, 9.17) is 20.0 Å². The van der Waals surface area contributed by atoms with Crippen molar-refractivity contribution in [2.24, 2.45) is 5.11 Å². The topological polar surface area (TPSA) is 85.3 Å². The van der Waals surface area contributed by atoms with E-state index in [1.54, 1.807) is 4.90 Å². The average molecular weight is 688 g/mol. The Morgan fingerprint density at radius 1 is 0.738 bits per heavy atom. The van der Waals surface area contributed by atoms with Crippen molar-refractivity contribution in [3.63, 3.8) is 0 Å². The lowest BCUT2D eigenvalue weighted by atomic mass is 9.72. The van der Waals surface area contributed by atoms with Gasteiger partial charge in [0.2, 0.25) is 5.69 Å². The second-order valence-electron chi connectivity index (χ2n) is 9.60. The van der Waals surface area contributed by atoms with Crippen LogP contribution >= 0.6 is 31.9 Å². The van der Waals surface area contributed by atoms with Crippen LogP contribution in [0.15, 0.2) is 135 Å². The lowest BCUT2D eigenvalue weighted by Gasteiger charge is -2.47. The number of esters is 2. The molecule has 2 aliphatic heterocycles. The first kappa shape index (κ1) is 27.9. The summed E-state index contributed by atoms with van der Waals surface area (Å²) in [7, 11) is 2.57. The first-order valence-electron chi connectivity index (χ1n) is 13.0. The SMILES string of the molecule is COC(=O)C1=C(C(=O)OC)[C@]2(c3ccccc3)N=[N+](c3ccc(Br)cc3)[N-][C@]2(c2ccccc2)N1c1ccc(Br)cc1. The number of methoxy groups -OCH3 is 2. The molecule has 0 amide bonds. The van der Waals surface area contributed by atoms with Gasteiger partial charge in [0.05, 0.1) is 19.8 Å². The van der Waals surface area contributed by atoms with E-state index in [1.807, 2.05) is 109 Å². The number of anilines is 1. The van der Waals surface area contributed by atoms with E-state index in [1.165, 1.54) is 19.0 Å². The summed E-state index contributed by atoms with van der Waals surface area (Å²) < 4.78 is 12.5. The molecule has 210 valence electrons. The molecule has 2 aliphatic rings. The molecule has 0 saturated heterocycles. The number of halogens is 2. The molecular formula is C32H24Br2N4O4. The van der Waals surface area contributed by atoms with Gasteiger partial charge in [-0.2, -0.15) is 10.5 Å². The third-order valence-electron chi connectivity index (χ3n) is 7.41. The van der Waals surface area contributed by atoms with E-state index < -0.39 is 23.1 Å². The highest BCUT2D eigenvalue weighted by molar-refractivity contribution is 9.10. The Hall–Kier alpha value is -4.28. The quantitative estimate of drug-likeness (QED) is 0.155. The van der Waals surface area contributed by atoms with Crippen molar-refractivity contribution in [3.05, 3.63) is 146 Å². The van der Waals surface area contributed by atoms with Crippen molar-refractivity contribution in [1.29, 1.82) is 0 Å². The zero-order valence-electron chi connectivity index (χ0n) is 22.6. The smallest absolute Gasteiger partial charge is 0.355 e. The molecular weight excluding hydrogens is 664 g/mol. The van der Waals surface area contributed by atoms with Crippen LogP contribution in [0.1, 0.15) is 11.1 Å². The monoisotopic (exact) mass is 686 g/mol. The first-order valence-corrected chi connectivity index (χ1v) is 14.6. The number of carbonyl (C=O) groups is 2. The highest BCUT2D eigenvalue weighted by Crippen LogP contribution is 2.66. The second-order valence-corrected chi connectivity index (χ2v) is 11.4. The Kier molecular flexibility index (Phi) is 7.20. The van der Waals surface area contributed by atoms with Gasteiger partial charge in [-0.3, -0.25) is 0 Å². The van der Waals surface area contributed by atoms with Crippen LogP contribution in [0.4, 0.5) is 11.4 Å². The van der Waals surface area contributed by atoms with Gasteiger partial charge in [0.15, 0.2) is 5.66 Å². The molecule has 0 spiro atoms. The van der Waals surface area contributed by atoms with Gasteiger partial charge < -0.3 is 14.4 Å². The predicted molar refractivity (Wildman–Crippen MR) is 164 cm³/mol. The maximum absolute atomic E-state index is 14.0. The minimum absolute atomic E-state index is 0.0117. The van der Waals surface area contributed by atoms with Crippen LogP contribution in [0.5, 0.6) is 0 Å². The summed E-state index contributed by atoms with van der Waals surface area (Å²) in [5.74, 6) is -1.45. The summed E-state index contributed by atoms with van der Waals surface area (Å²) >= 11 is 7.02. The van der Waals surface area contributed by atoms with Gasteiger partial charge >= 0.3 is 11.9 Å². The average Bonchev–Trinajstić information content (AvgIpc) is 3.51. The van der Waals surface area contributed by atoms with E-state index in [9.17, 15) is 9.59 Å². The summed E-state index contributed by atoms with van der Waals surface area (Å²) in [5, 5.41) is 5.24. The van der Waals surface area contributed by atoms with Crippen molar-refractivity contribution in [1.82, 2.24) is 0 Å². The van der Waals surface area contributed by atoms with Gasteiger partial charge in [0.25, 0.3) is 0 Å². The normalized spacial score (nSPS) is 21.0. The summed E-state index contributed by atoms with van der Waals surface area (Å²) in [6.07, 6.45) is 0. The zero-order chi connectivity index (χ0) is 29.5. The predicted octanol–water partition coefficient (Wildman–Crippen LogP) is 7.48. The number of hydrogen-bond donors (Lipinski definition) is 0. The molecule has 0 saturated carbocycles.